The number of carbonyl (C=O) groups excluding carboxylic acids is 6. The van der Waals surface area contributed by atoms with Crippen molar-refractivity contribution in [3.8, 4) is 0 Å². The molecule has 13 heteroatoms. The highest BCUT2D eigenvalue weighted by atomic mass is 32.2. The molecule has 12 nitrogen and oxygen atoms in total. The molecular weight excluding hydrogens is 552 g/mol. The summed E-state index contributed by atoms with van der Waals surface area (Å²) in [6.45, 7) is -0.608. The third kappa shape index (κ3) is 4.17. The molecule has 204 valence electrons. The molecule has 2 aliphatic carbocycles. The van der Waals surface area contributed by atoms with Crippen LogP contribution in [0.3, 0.4) is 0 Å². The molecule has 0 fully saturated rings. The van der Waals surface area contributed by atoms with Gasteiger partial charge >= 0.3 is 0 Å². The lowest BCUT2D eigenvalue weighted by atomic mass is 9.98. The number of Topliss-reactive ketones (excluding diaryl/α,β-unsaturated/α-hetero) is 6. The fraction of sp³-hybridized carbons (Fsp3) is 0.143. The molecule has 0 spiro atoms. The molecule has 2 atom stereocenters. The van der Waals surface area contributed by atoms with Crippen LogP contribution in [0.25, 0.3) is 0 Å². The van der Waals surface area contributed by atoms with Gasteiger partial charge in [0, 0.05) is 47.0 Å². The van der Waals surface area contributed by atoms with Gasteiger partial charge in [0.25, 0.3) is 0 Å². The zero-order chi connectivity index (χ0) is 29.1. The molecule has 41 heavy (non-hydrogen) atoms. The van der Waals surface area contributed by atoms with Gasteiger partial charge in [-0.15, -0.1) is 0 Å². The quantitative estimate of drug-likeness (QED) is 0.282. The zero-order valence-electron chi connectivity index (χ0n) is 21.0. The first-order chi connectivity index (χ1) is 19.6. The van der Waals surface area contributed by atoms with Gasteiger partial charge in [-0.05, 0) is 48.5 Å². The van der Waals surface area contributed by atoms with Crippen molar-refractivity contribution in [1.82, 2.24) is 19.6 Å². The second kappa shape index (κ2) is 9.48. The molecule has 2 aromatic carbocycles. The minimum absolute atomic E-state index is 0.0685. The van der Waals surface area contributed by atoms with Crippen LogP contribution in [-0.4, -0.2) is 62.7 Å². The fourth-order valence-corrected chi connectivity index (χ4v) is 6.40. The van der Waals surface area contributed by atoms with Crippen molar-refractivity contribution in [2.45, 2.75) is 22.9 Å². The summed E-state index contributed by atoms with van der Waals surface area (Å²) in [6.07, 6.45) is 5.90. The van der Waals surface area contributed by atoms with Gasteiger partial charge in [0.1, 0.15) is 24.9 Å². The minimum Gasteiger partial charge on any atom is -0.296 e. The Hall–Kier alpha value is -5.17. The maximum absolute atomic E-state index is 13.5. The topological polar surface area (TPSA) is 172 Å². The van der Waals surface area contributed by atoms with E-state index in [1.165, 1.54) is 46.3 Å². The Morgan fingerprint density at radius 1 is 0.634 bits per heavy atom. The fourth-order valence-electron chi connectivity index (χ4n) is 5.09. The van der Waals surface area contributed by atoms with E-state index in [1.807, 2.05) is 0 Å². The molecule has 2 heterocycles. The number of nitrogens with zero attached hydrogens (tertiary/aromatic N) is 4. The van der Waals surface area contributed by atoms with E-state index in [0.717, 1.165) is 24.3 Å². The van der Waals surface area contributed by atoms with Crippen LogP contribution in [0.2, 0.25) is 0 Å². The molecule has 4 aromatic rings. The van der Waals surface area contributed by atoms with Gasteiger partial charge in [-0.25, -0.2) is 8.42 Å². The minimum atomic E-state index is -4.35. The Morgan fingerprint density at radius 3 is 1.39 bits per heavy atom. The van der Waals surface area contributed by atoms with Gasteiger partial charge in [-0.2, -0.15) is 10.2 Å². The van der Waals surface area contributed by atoms with Crippen molar-refractivity contribution in [2.75, 3.05) is 0 Å². The van der Waals surface area contributed by atoms with Gasteiger partial charge in [0.2, 0.25) is 9.84 Å². The number of hydrogen-bond acceptors (Lipinski definition) is 10. The van der Waals surface area contributed by atoms with Crippen LogP contribution in [0, 0.1) is 11.8 Å². The Kier molecular flexibility index (Phi) is 6.03. The lowest BCUT2D eigenvalue weighted by Crippen LogP contribution is -2.29. The molecule has 2 unspecified atom stereocenters. The third-order valence-electron chi connectivity index (χ3n) is 7.11. The van der Waals surface area contributed by atoms with Crippen molar-refractivity contribution < 1.29 is 37.2 Å². The van der Waals surface area contributed by atoms with Crippen molar-refractivity contribution in [3.05, 3.63) is 95.6 Å². The van der Waals surface area contributed by atoms with Crippen LogP contribution in [0.4, 0.5) is 0 Å². The Labute approximate surface area is 231 Å². The lowest BCUT2D eigenvalue weighted by Gasteiger charge is -2.08. The van der Waals surface area contributed by atoms with Gasteiger partial charge in [0.05, 0.1) is 9.79 Å². The van der Waals surface area contributed by atoms with Crippen molar-refractivity contribution >= 4 is 44.5 Å². The number of aromatic nitrogens is 4. The van der Waals surface area contributed by atoms with Gasteiger partial charge in [-0.3, -0.25) is 38.1 Å². The molecule has 0 bridgehead atoms. The number of hydrogen-bond donors (Lipinski definition) is 0. The number of fused-ring (bicyclic) bond motifs is 2. The Bertz CT molecular complexity index is 1790. The number of benzene rings is 2. The van der Waals surface area contributed by atoms with Crippen LogP contribution in [0.1, 0.15) is 41.4 Å². The molecule has 0 N–H and O–H groups in total. The molecule has 0 radical (unpaired) electrons. The maximum atomic E-state index is 13.5. The van der Waals surface area contributed by atoms with Crippen molar-refractivity contribution in [2.24, 2.45) is 11.8 Å². The summed E-state index contributed by atoms with van der Waals surface area (Å²) in [6, 6.07) is 9.85. The van der Waals surface area contributed by atoms with Crippen LogP contribution >= 0.6 is 0 Å². The number of carbonyl (C=O) groups is 6. The Morgan fingerprint density at radius 2 is 1.02 bits per heavy atom. The van der Waals surface area contributed by atoms with E-state index < -0.39 is 56.4 Å². The summed E-state index contributed by atoms with van der Waals surface area (Å²) in [5, 5.41) is 7.80. The number of ketones is 6. The molecule has 0 saturated heterocycles. The van der Waals surface area contributed by atoms with Crippen LogP contribution < -0.4 is 0 Å². The van der Waals surface area contributed by atoms with Gasteiger partial charge in [-0.1, -0.05) is 0 Å². The summed E-state index contributed by atoms with van der Waals surface area (Å²) in [5.41, 5.74) is -0.541. The maximum Gasteiger partial charge on any atom is 0.206 e. The highest BCUT2D eigenvalue weighted by Crippen LogP contribution is 2.34. The summed E-state index contributed by atoms with van der Waals surface area (Å²) >= 11 is 0. The van der Waals surface area contributed by atoms with Gasteiger partial charge in [0.15, 0.2) is 34.7 Å². The van der Waals surface area contributed by atoms with Gasteiger partial charge < -0.3 is 0 Å². The summed E-state index contributed by atoms with van der Waals surface area (Å²) in [5.74, 6) is -7.64. The zero-order valence-corrected chi connectivity index (χ0v) is 21.8. The van der Waals surface area contributed by atoms with Crippen molar-refractivity contribution in [1.29, 1.82) is 0 Å². The predicted octanol–water partition coefficient (Wildman–Crippen LogP) is 1.44. The predicted molar refractivity (Wildman–Crippen MR) is 137 cm³/mol. The number of sulfone groups is 1. The summed E-state index contributed by atoms with van der Waals surface area (Å²) < 4.78 is 29.6. The van der Waals surface area contributed by atoms with E-state index in [1.54, 1.807) is 12.1 Å². The second-order valence-corrected chi connectivity index (χ2v) is 11.5. The molecule has 0 saturated carbocycles. The highest BCUT2D eigenvalue weighted by molar-refractivity contribution is 7.91. The standard InChI is InChI=1S/C28H18N4O8S/c33-21(13-31-9-1-7-29-31)23-25(35)17-5-3-15(11-19(17)27(23)37)41(39,40)16-4-6-18-20(12-16)28(38)24(26(18)36)22(34)14-32-10-2-8-30-32/h1-12,23-24H,13-14H2. The molecule has 2 aromatic heterocycles. The molecule has 0 aliphatic heterocycles. The monoisotopic (exact) mass is 570 g/mol. The molecule has 2 aliphatic rings. The van der Waals surface area contributed by atoms with E-state index in [4.69, 9.17) is 0 Å². The first-order valence-corrected chi connectivity index (χ1v) is 13.8. The second-order valence-electron chi connectivity index (χ2n) is 9.58. The summed E-state index contributed by atoms with van der Waals surface area (Å²) in [4.78, 5) is 76.6. The highest BCUT2D eigenvalue weighted by Gasteiger charge is 2.45. The van der Waals surface area contributed by atoms with E-state index in [2.05, 4.69) is 10.2 Å². The molecular formula is C28H18N4O8S. The van der Waals surface area contributed by atoms with E-state index in [9.17, 15) is 37.2 Å². The first kappa shape index (κ1) is 26.1. The van der Waals surface area contributed by atoms with E-state index >= 15 is 0 Å². The lowest BCUT2D eigenvalue weighted by molar-refractivity contribution is -0.122. The first-order valence-electron chi connectivity index (χ1n) is 12.3. The molecule has 0 amide bonds. The third-order valence-corrected chi connectivity index (χ3v) is 8.86. The smallest absolute Gasteiger partial charge is 0.206 e. The largest absolute Gasteiger partial charge is 0.296 e. The SMILES string of the molecule is O=C(Cn1cccn1)C1C(=O)c2ccc(S(=O)(=O)c3ccc4c(c3)C(=O)C(C(=O)Cn3cccn3)C4=O)cc2C1=O. The van der Waals surface area contributed by atoms with E-state index in [-0.39, 0.29) is 45.1 Å². The number of rotatable bonds is 8. The Balaban J connectivity index is 1.28. The van der Waals surface area contributed by atoms with Crippen LogP contribution in [-0.2, 0) is 32.5 Å². The molecule has 6 rings (SSSR count). The van der Waals surface area contributed by atoms with Crippen molar-refractivity contribution in [3.63, 3.8) is 0 Å². The normalized spacial score (nSPS) is 18.0. The van der Waals surface area contributed by atoms with E-state index in [0.29, 0.717) is 0 Å². The summed E-state index contributed by atoms with van der Waals surface area (Å²) in [7, 11) is -4.35. The van der Waals surface area contributed by atoms with Crippen LogP contribution in [0.5, 0.6) is 0 Å². The average Bonchev–Trinajstić information content (AvgIpc) is 3.74. The van der Waals surface area contributed by atoms with Crippen LogP contribution in [0.15, 0.2) is 83.1 Å². The average molecular weight is 571 g/mol.